The standard InChI is InChI=1S/C26H30/c1-5-6-13-19-18-22-24(25(2,3)4)23(19)26(22,20-14-9-7-10-15-20)21-16-11-8-12-17-21/h7-12,14-19H,5-6,13H2,1-4H3. The molecule has 0 spiro atoms. The summed E-state index contributed by atoms with van der Waals surface area (Å²) in [4.78, 5) is 0. The van der Waals surface area contributed by atoms with Gasteiger partial charge in [0.2, 0.25) is 0 Å². The highest BCUT2D eigenvalue weighted by Gasteiger charge is 2.59. The zero-order chi connectivity index (χ0) is 18.4. The summed E-state index contributed by atoms with van der Waals surface area (Å²) in [6.07, 6.45) is 6.44. The predicted octanol–water partition coefficient (Wildman–Crippen LogP) is 7.08. The van der Waals surface area contributed by atoms with E-state index in [0.717, 1.165) is 0 Å². The van der Waals surface area contributed by atoms with Crippen molar-refractivity contribution >= 4 is 0 Å². The van der Waals surface area contributed by atoms with Crippen molar-refractivity contribution in [2.24, 2.45) is 11.3 Å². The third kappa shape index (κ3) is 2.35. The van der Waals surface area contributed by atoms with Crippen LogP contribution in [0.1, 0.15) is 58.1 Å². The Morgan fingerprint density at radius 3 is 1.85 bits per heavy atom. The lowest BCUT2D eigenvalue weighted by molar-refractivity contribution is 0.439. The summed E-state index contributed by atoms with van der Waals surface area (Å²) in [6, 6.07) is 22.3. The molecule has 0 aliphatic heterocycles. The fourth-order valence-corrected chi connectivity index (χ4v) is 5.18. The Hall–Kier alpha value is -2.08. The highest BCUT2D eigenvalue weighted by molar-refractivity contribution is 5.78. The maximum atomic E-state index is 2.60. The van der Waals surface area contributed by atoms with Crippen molar-refractivity contribution in [3.63, 3.8) is 0 Å². The van der Waals surface area contributed by atoms with Crippen LogP contribution in [0.25, 0.3) is 0 Å². The molecule has 0 N–H and O–H groups in total. The summed E-state index contributed by atoms with van der Waals surface area (Å²) in [7, 11) is 0. The van der Waals surface area contributed by atoms with Crippen molar-refractivity contribution < 1.29 is 0 Å². The van der Waals surface area contributed by atoms with Crippen LogP contribution in [-0.2, 0) is 5.41 Å². The average Bonchev–Trinajstić information content (AvgIpc) is 3.18. The van der Waals surface area contributed by atoms with Gasteiger partial charge >= 0.3 is 0 Å². The normalized spacial score (nSPS) is 20.8. The topological polar surface area (TPSA) is 0 Å². The molecule has 5 rings (SSSR count). The van der Waals surface area contributed by atoms with Crippen LogP contribution in [0.5, 0.6) is 0 Å². The molecule has 0 heteroatoms. The van der Waals surface area contributed by atoms with Gasteiger partial charge in [-0.15, -0.1) is 0 Å². The van der Waals surface area contributed by atoms with E-state index < -0.39 is 0 Å². The van der Waals surface area contributed by atoms with E-state index in [0.29, 0.717) is 5.92 Å². The lowest BCUT2D eigenvalue weighted by Gasteiger charge is -2.51. The van der Waals surface area contributed by atoms with Crippen molar-refractivity contribution in [1.29, 1.82) is 0 Å². The molecular formula is C26H30. The van der Waals surface area contributed by atoms with Gasteiger partial charge in [-0.1, -0.05) is 107 Å². The third-order valence-electron chi connectivity index (χ3n) is 6.12. The first kappa shape index (κ1) is 17.3. The zero-order valence-corrected chi connectivity index (χ0v) is 16.5. The lowest BCUT2D eigenvalue weighted by Crippen LogP contribution is -2.43. The molecule has 0 radical (unpaired) electrons. The number of unbranched alkanes of at least 4 members (excludes halogenated alkanes) is 1. The molecule has 1 unspecified atom stereocenters. The van der Waals surface area contributed by atoms with Crippen LogP contribution in [0.15, 0.2) is 83.5 Å². The van der Waals surface area contributed by atoms with Gasteiger partial charge in [-0.3, -0.25) is 0 Å². The maximum Gasteiger partial charge on any atom is 0.0673 e. The monoisotopic (exact) mass is 342 g/mol. The van der Waals surface area contributed by atoms with Crippen molar-refractivity contribution in [3.8, 4) is 0 Å². The number of benzene rings is 2. The molecular weight excluding hydrogens is 312 g/mol. The summed E-state index contributed by atoms with van der Waals surface area (Å²) < 4.78 is 0. The molecule has 0 aromatic heterocycles. The first-order valence-electron chi connectivity index (χ1n) is 10.1. The Labute approximate surface area is 158 Å². The van der Waals surface area contributed by atoms with Crippen molar-refractivity contribution in [2.45, 2.75) is 52.4 Å². The summed E-state index contributed by atoms with van der Waals surface area (Å²) in [5.74, 6) is 0.597. The van der Waals surface area contributed by atoms with Gasteiger partial charge in [0.1, 0.15) is 0 Å². The molecule has 0 nitrogen and oxygen atoms in total. The Bertz CT molecular complexity index is 804. The number of rotatable bonds is 5. The van der Waals surface area contributed by atoms with E-state index in [1.807, 2.05) is 0 Å². The summed E-state index contributed by atoms with van der Waals surface area (Å²) >= 11 is 0. The van der Waals surface area contributed by atoms with Crippen LogP contribution in [0.3, 0.4) is 0 Å². The van der Waals surface area contributed by atoms with E-state index in [4.69, 9.17) is 0 Å². The lowest BCUT2D eigenvalue weighted by atomic mass is 9.51. The number of allylic oxidation sites excluding steroid dienone is 4. The number of hydrogen-bond acceptors (Lipinski definition) is 0. The molecule has 3 aliphatic rings. The molecule has 0 fully saturated rings. The van der Waals surface area contributed by atoms with Crippen LogP contribution >= 0.6 is 0 Å². The fourth-order valence-electron chi connectivity index (χ4n) is 5.18. The molecule has 0 amide bonds. The van der Waals surface area contributed by atoms with Gasteiger partial charge < -0.3 is 0 Å². The van der Waals surface area contributed by atoms with Gasteiger partial charge in [-0.05, 0) is 39.7 Å². The predicted molar refractivity (Wildman–Crippen MR) is 111 cm³/mol. The quantitative estimate of drug-likeness (QED) is 0.545. The van der Waals surface area contributed by atoms with E-state index in [2.05, 4.69) is 94.4 Å². The van der Waals surface area contributed by atoms with Crippen LogP contribution in [0, 0.1) is 11.3 Å². The minimum atomic E-state index is -0.0243. The van der Waals surface area contributed by atoms with Gasteiger partial charge in [0, 0.05) is 5.92 Å². The second kappa shape index (κ2) is 6.27. The number of hydrogen-bond donors (Lipinski definition) is 0. The van der Waals surface area contributed by atoms with Gasteiger partial charge in [0.25, 0.3) is 0 Å². The van der Waals surface area contributed by atoms with Gasteiger partial charge in [-0.2, -0.15) is 0 Å². The van der Waals surface area contributed by atoms with Gasteiger partial charge in [-0.25, -0.2) is 0 Å². The summed E-state index contributed by atoms with van der Waals surface area (Å²) in [5, 5.41) is 0. The Morgan fingerprint density at radius 1 is 0.846 bits per heavy atom. The molecule has 2 aromatic carbocycles. The third-order valence-corrected chi connectivity index (χ3v) is 6.12. The van der Waals surface area contributed by atoms with Crippen LogP contribution in [-0.4, -0.2) is 0 Å². The van der Waals surface area contributed by atoms with Crippen LogP contribution in [0.2, 0.25) is 0 Å². The van der Waals surface area contributed by atoms with Gasteiger partial charge in [0.15, 0.2) is 0 Å². The zero-order valence-electron chi connectivity index (χ0n) is 16.5. The molecule has 2 bridgehead atoms. The molecule has 2 aromatic rings. The molecule has 0 heterocycles. The molecule has 26 heavy (non-hydrogen) atoms. The van der Waals surface area contributed by atoms with Crippen molar-refractivity contribution in [3.05, 3.63) is 94.6 Å². The second-order valence-corrected chi connectivity index (χ2v) is 8.85. The van der Waals surface area contributed by atoms with Crippen molar-refractivity contribution in [2.75, 3.05) is 0 Å². The molecule has 3 aliphatic carbocycles. The molecule has 0 saturated heterocycles. The average molecular weight is 343 g/mol. The molecule has 0 saturated carbocycles. The number of fused-ring (bicyclic) bond motifs is 1. The first-order valence-corrected chi connectivity index (χ1v) is 10.1. The van der Waals surface area contributed by atoms with Crippen molar-refractivity contribution in [1.82, 2.24) is 0 Å². The minimum absolute atomic E-state index is 0.0243. The van der Waals surface area contributed by atoms with Crippen LogP contribution < -0.4 is 0 Å². The van der Waals surface area contributed by atoms with Gasteiger partial charge in [0.05, 0.1) is 5.41 Å². The smallest absolute Gasteiger partial charge is 0.0673 e. The van der Waals surface area contributed by atoms with E-state index >= 15 is 0 Å². The Morgan fingerprint density at radius 2 is 1.38 bits per heavy atom. The SMILES string of the molecule is CCCCC1C=C2C(C(C)(C)C)=C1C2(c1ccccc1)c1ccccc1. The van der Waals surface area contributed by atoms with E-state index in [9.17, 15) is 0 Å². The van der Waals surface area contributed by atoms with Crippen LogP contribution in [0.4, 0.5) is 0 Å². The van der Waals surface area contributed by atoms with E-state index in [-0.39, 0.29) is 10.8 Å². The second-order valence-electron chi connectivity index (χ2n) is 8.85. The highest BCUT2D eigenvalue weighted by Crippen LogP contribution is 2.68. The highest BCUT2D eigenvalue weighted by atomic mass is 14.6. The molecule has 134 valence electrons. The Balaban J connectivity index is 1.95. The minimum Gasteiger partial charge on any atom is -0.0722 e. The van der Waals surface area contributed by atoms with E-state index in [1.54, 1.807) is 16.7 Å². The Kier molecular flexibility index (Phi) is 4.18. The largest absolute Gasteiger partial charge is 0.0722 e. The van der Waals surface area contributed by atoms with E-state index in [1.165, 1.54) is 30.4 Å². The maximum absolute atomic E-state index is 2.60. The summed E-state index contributed by atoms with van der Waals surface area (Å²) in [5.41, 5.74) is 7.90. The first-order chi connectivity index (χ1) is 12.5. The molecule has 1 atom stereocenters. The fraction of sp³-hybridized carbons (Fsp3) is 0.385. The summed E-state index contributed by atoms with van der Waals surface area (Å²) in [6.45, 7) is 9.42.